The van der Waals surface area contributed by atoms with Crippen LogP contribution in [0.2, 0.25) is 0 Å². The summed E-state index contributed by atoms with van der Waals surface area (Å²) in [5.74, 6) is -0.570. The first kappa shape index (κ1) is 12.7. The molecule has 0 aliphatic rings. The second-order valence-electron chi connectivity index (χ2n) is 2.96. The summed E-state index contributed by atoms with van der Waals surface area (Å²) in [5, 5.41) is 0. The maximum Gasteiger partial charge on any atom is 0.499 e. The van der Waals surface area contributed by atoms with E-state index >= 15 is 0 Å². The van der Waals surface area contributed by atoms with Gasteiger partial charge in [0.05, 0.1) is 0 Å². The summed E-state index contributed by atoms with van der Waals surface area (Å²) in [6.45, 7) is 0.163. The zero-order valence-electron chi connectivity index (χ0n) is 7.89. The molecule has 0 heterocycles. The number of ether oxygens (including phenoxy) is 1. The molecule has 0 radical (unpaired) electrons. The zero-order valence-corrected chi connectivity index (χ0v) is 7.89. The van der Waals surface area contributed by atoms with Crippen LogP contribution < -0.4 is 10.5 Å². The third-order valence-corrected chi connectivity index (χ3v) is 1.74. The van der Waals surface area contributed by atoms with Gasteiger partial charge in [0.2, 0.25) is 0 Å². The van der Waals surface area contributed by atoms with E-state index in [1.165, 1.54) is 12.1 Å². The lowest BCUT2D eigenvalue weighted by Gasteiger charge is -2.20. The predicted octanol–water partition coefficient (Wildman–Crippen LogP) is 2.68. The van der Waals surface area contributed by atoms with Crippen LogP contribution in [0.15, 0.2) is 24.3 Å². The van der Waals surface area contributed by atoms with E-state index in [4.69, 9.17) is 5.73 Å². The molecule has 0 aromatic heterocycles. The highest BCUT2D eigenvalue weighted by molar-refractivity contribution is 5.27. The molecule has 0 aliphatic carbocycles. The van der Waals surface area contributed by atoms with E-state index in [0.717, 1.165) is 12.1 Å². The Balaban J connectivity index is 2.80. The van der Waals surface area contributed by atoms with Crippen LogP contribution in [0.5, 0.6) is 5.75 Å². The van der Waals surface area contributed by atoms with E-state index in [2.05, 4.69) is 4.74 Å². The Morgan fingerprint density at radius 1 is 1.00 bits per heavy atom. The molecule has 7 heteroatoms. The van der Waals surface area contributed by atoms with Crippen molar-refractivity contribution in [3.8, 4) is 5.75 Å². The van der Waals surface area contributed by atoms with Crippen LogP contribution in [0, 0.1) is 0 Å². The zero-order chi connectivity index (χ0) is 12.4. The average Bonchev–Trinajstić information content (AvgIpc) is 2.16. The normalized spacial score (nSPS) is 12.6. The Bertz CT molecular complexity index is 346. The number of hydrogen-bond donors (Lipinski definition) is 1. The molecular formula is C9H8F5NO. The first-order valence-corrected chi connectivity index (χ1v) is 4.19. The summed E-state index contributed by atoms with van der Waals surface area (Å²) >= 11 is 0. The Hall–Kier alpha value is -1.37. The van der Waals surface area contributed by atoms with Gasteiger partial charge in [0, 0.05) is 6.54 Å². The fourth-order valence-electron chi connectivity index (χ4n) is 0.899. The average molecular weight is 242 g/mol. The van der Waals surface area contributed by atoms with Crippen LogP contribution in [0.25, 0.3) is 0 Å². The third kappa shape index (κ3) is 2.82. The van der Waals surface area contributed by atoms with E-state index < -0.39 is 18.0 Å². The second-order valence-corrected chi connectivity index (χ2v) is 2.96. The summed E-state index contributed by atoms with van der Waals surface area (Å²) in [7, 11) is 0. The minimum absolute atomic E-state index is 0.163. The van der Waals surface area contributed by atoms with Gasteiger partial charge in [-0.3, -0.25) is 0 Å². The molecule has 1 aromatic rings. The highest BCUT2D eigenvalue weighted by atomic mass is 19.4. The molecule has 16 heavy (non-hydrogen) atoms. The lowest BCUT2D eigenvalue weighted by atomic mass is 10.2. The smallest absolute Gasteiger partial charge is 0.426 e. The first-order chi connectivity index (χ1) is 7.26. The monoisotopic (exact) mass is 242 g/mol. The third-order valence-electron chi connectivity index (χ3n) is 1.74. The van der Waals surface area contributed by atoms with Crippen molar-refractivity contribution in [3.63, 3.8) is 0 Å². The number of nitrogens with two attached hydrogens (primary N) is 1. The highest BCUT2D eigenvalue weighted by Gasteiger charge is 2.61. The molecule has 0 bridgehead atoms. The maximum absolute atomic E-state index is 12.4. The van der Waals surface area contributed by atoms with Gasteiger partial charge in [0.25, 0.3) is 0 Å². The fourth-order valence-corrected chi connectivity index (χ4v) is 0.899. The molecule has 0 unspecified atom stereocenters. The molecule has 0 spiro atoms. The Kier molecular flexibility index (Phi) is 3.37. The first-order valence-electron chi connectivity index (χ1n) is 4.19. The predicted molar refractivity (Wildman–Crippen MR) is 46.0 cm³/mol. The van der Waals surface area contributed by atoms with Crippen LogP contribution >= 0.6 is 0 Å². The van der Waals surface area contributed by atoms with E-state index in [0.29, 0.717) is 5.56 Å². The van der Waals surface area contributed by atoms with Gasteiger partial charge in [-0.15, -0.1) is 0 Å². The van der Waals surface area contributed by atoms with Gasteiger partial charge in [-0.25, -0.2) is 0 Å². The van der Waals surface area contributed by atoms with Crippen molar-refractivity contribution >= 4 is 0 Å². The molecule has 0 saturated heterocycles. The molecule has 90 valence electrons. The largest absolute Gasteiger partial charge is 0.499 e. The van der Waals surface area contributed by atoms with Crippen molar-refractivity contribution in [2.24, 2.45) is 5.73 Å². The quantitative estimate of drug-likeness (QED) is 0.653. The van der Waals surface area contributed by atoms with Gasteiger partial charge in [0.1, 0.15) is 5.75 Å². The number of alkyl halides is 5. The second kappa shape index (κ2) is 4.25. The highest BCUT2D eigenvalue weighted by Crippen LogP contribution is 2.37. The van der Waals surface area contributed by atoms with Gasteiger partial charge < -0.3 is 10.5 Å². The molecular weight excluding hydrogens is 234 g/mol. The summed E-state index contributed by atoms with van der Waals surface area (Å²) in [5.41, 5.74) is 5.83. The van der Waals surface area contributed by atoms with Gasteiger partial charge in [-0.2, -0.15) is 22.0 Å². The molecule has 0 amide bonds. The van der Waals surface area contributed by atoms with Crippen molar-refractivity contribution < 1.29 is 26.7 Å². The molecule has 1 aromatic carbocycles. The maximum atomic E-state index is 12.4. The van der Waals surface area contributed by atoms with Crippen LogP contribution in [-0.2, 0) is 6.54 Å². The van der Waals surface area contributed by atoms with Crippen LogP contribution in [0.4, 0.5) is 22.0 Å². The van der Waals surface area contributed by atoms with Gasteiger partial charge >= 0.3 is 12.3 Å². The minimum Gasteiger partial charge on any atom is -0.426 e. The van der Waals surface area contributed by atoms with Gasteiger partial charge in [-0.05, 0) is 17.7 Å². The van der Waals surface area contributed by atoms with Crippen LogP contribution in [0.3, 0.4) is 0 Å². The lowest BCUT2D eigenvalue weighted by Crippen LogP contribution is -2.41. The molecule has 2 nitrogen and oxygen atoms in total. The molecule has 0 atom stereocenters. The van der Waals surface area contributed by atoms with Crippen molar-refractivity contribution in [2.45, 2.75) is 18.8 Å². The summed E-state index contributed by atoms with van der Waals surface area (Å²) in [6, 6.07) is 4.62. The van der Waals surface area contributed by atoms with E-state index in [1.807, 2.05) is 0 Å². The molecule has 0 aliphatic heterocycles. The minimum atomic E-state index is -5.74. The topological polar surface area (TPSA) is 35.2 Å². The Morgan fingerprint density at radius 3 is 1.88 bits per heavy atom. The van der Waals surface area contributed by atoms with Crippen LogP contribution in [0.1, 0.15) is 5.56 Å². The Labute approximate surface area is 87.8 Å². The van der Waals surface area contributed by atoms with Crippen molar-refractivity contribution in [1.82, 2.24) is 0 Å². The van der Waals surface area contributed by atoms with Crippen LogP contribution in [-0.4, -0.2) is 12.3 Å². The van der Waals surface area contributed by atoms with E-state index in [1.54, 1.807) is 0 Å². The SMILES string of the molecule is [15NH2]Cc1ccc(OC(F)(F)C(F)(F)F)cc1. The van der Waals surface area contributed by atoms with E-state index in [9.17, 15) is 22.0 Å². The lowest BCUT2D eigenvalue weighted by molar-refractivity contribution is -0.360. The molecule has 0 fully saturated rings. The standard InChI is InChI=1S/C9H8F5NO/c10-8(11,12)9(13,14)16-7-3-1-6(5-15)2-4-7/h1-4H,5,15H2/i15+1. The fraction of sp³-hybridized carbons (Fsp3) is 0.333. The molecule has 2 N–H and O–H groups in total. The summed E-state index contributed by atoms with van der Waals surface area (Å²) < 4.78 is 63.7. The van der Waals surface area contributed by atoms with E-state index in [-0.39, 0.29) is 6.54 Å². The summed E-state index contributed by atoms with van der Waals surface area (Å²) in [6.07, 6.45) is -10.9. The van der Waals surface area contributed by atoms with Crippen molar-refractivity contribution in [1.29, 1.82) is 0 Å². The number of halogens is 5. The number of rotatable bonds is 3. The number of hydrogen-bond acceptors (Lipinski definition) is 2. The van der Waals surface area contributed by atoms with Crippen molar-refractivity contribution in [2.75, 3.05) is 0 Å². The number of benzene rings is 1. The van der Waals surface area contributed by atoms with Gasteiger partial charge in [-0.1, -0.05) is 12.1 Å². The van der Waals surface area contributed by atoms with Gasteiger partial charge in [0.15, 0.2) is 0 Å². The summed E-state index contributed by atoms with van der Waals surface area (Å²) in [4.78, 5) is 0. The molecule has 0 saturated carbocycles. The molecule has 1 rings (SSSR count). The Morgan fingerprint density at radius 2 is 1.50 bits per heavy atom. The van der Waals surface area contributed by atoms with Crippen molar-refractivity contribution in [3.05, 3.63) is 29.8 Å².